The van der Waals surface area contributed by atoms with Crippen LogP contribution in [0.2, 0.25) is 0 Å². The first-order valence-corrected chi connectivity index (χ1v) is 6.16. The van der Waals surface area contributed by atoms with Gasteiger partial charge in [-0.05, 0) is 17.0 Å². The van der Waals surface area contributed by atoms with Crippen molar-refractivity contribution in [2.75, 3.05) is 4.90 Å². The van der Waals surface area contributed by atoms with Gasteiger partial charge in [0.15, 0.2) is 0 Å². The highest BCUT2D eigenvalue weighted by Gasteiger charge is 2.72. The number of fused-ring (bicyclic) bond motifs is 1. The largest absolute Gasteiger partial charge is 0.326 e. The molecule has 1 aliphatic heterocycles. The lowest BCUT2D eigenvalue weighted by atomic mass is 10.0. The highest BCUT2D eigenvalue weighted by Crippen LogP contribution is 2.63. The van der Waals surface area contributed by atoms with Crippen LogP contribution in [0.1, 0.15) is 19.4 Å². The number of imide groups is 1. The molecule has 0 aromatic heterocycles. The molecule has 2 aliphatic rings. The Morgan fingerprint density at radius 1 is 1.17 bits per heavy atom. The molecule has 1 aromatic rings. The van der Waals surface area contributed by atoms with E-state index in [9.17, 15) is 9.59 Å². The minimum Gasteiger partial charge on any atom is -0.326 e. The van der Waals surface area contributed by atoms with Crippen molar-refractivity contribution in [3.8, 4) is 0 Å². The van der Waals surface area contributed by atoms with Crippen molar-refractivity contribution in [1.82, 2.24) is 0 Å². The van der Waals surface area contributed by atoms with Crippen LogP contribution in [-0.4, -0.2) is 11.8 Å². The normalized spacial score (nSPS) is 28.5. The van der Waals surface area contributed by atoms with Crippen LogP contribution in [0.15, 0.2) is 24.3 Å². The number of anilines is 1. The molecule has 94 valence electrons. The molecule has 0 radical (unpaired) electrons. The zero-order chi connectivity index (χ0) is 13.1. The number of benzene rings is 1. The zero-order valence-electron chi connectivity index (χ0n) is 10.5. The molecule has 1 saturated heterocycles. The molecular weight excluding hydrogens is 228 g/mol. The Morgan fingerprint density at radius 2 is 1.72 bits per heavy atom. The van der Waals surface area contributed by atoms with Gasteiger partial charge < -0.3 is 5.73 Å². The van der Waals surface area contributed by atoms with Crippen molar-refractivity contribution in [2.45, 2.75) is 20.4 Å². The summed E-state index contributed by atoms with van der Waals surface area (Å²) in [6, 6.07) is 7.33. The fraction of sp³-hybridized carbons (Fsp3) is 0.429. The van der Waals surface area contributed by atoms with Crippen LogP contribution >= 0.6 is 0 Å². The van der Waals surface area contributed by atoms with Crippen LogP contribution in [0.25, 0.3) is 0 Å². The van der Waals surface area contributed by atoms with Gasteiger partial charge in [-0.15, -0.1) is 0 Å². The Hall–Kier alpha value is -1.68. The Kier molecular flexibility index (Phi) is 2.17. The monoisotopic (exact) mass is 244 g/mol. The van der Waals surface area contributed by atoms with Crippen LogP contribution in [0, 0.1) is 17.3 Å². The second-order valence-corrected chi connectivity index (χ2v) is 5.62. The lowest BCUT2D eigenvalue weighted by Gasteiger charge is -2.22. The maximum atomic E-state index is 12.3. The topological polar surface area (TPSA) is 63.4 Å². The molecule has 0 bridgehead atoms. The maximum absolute atomic E-state index is 12.3. The third-order valence-corrected chi connectivity index (χ3v) is 4.25. The average Bonchev–Trinajstić information content (AvgIpc) is 2.80. The van der Waals surface area contributed by atoms with Crippen molar-refractivity contribution >= 4 is 17.5 Å². The molecule has 2 amide bonds. The molecular formula is C14H16N2O2. The first-order valence-electron chi connectivity index (χ1n) is 6.16. The number of carbonyl (C=O) groups is 2. The molecule has 0 spiro atoms. The summed E-state index contributed by atoms with van der Waals surface area (Å²) in [5.74, 6) is -0.432. The quantitative estimate of drug-likeness (QED) is 0.797. The van der Waals surface area contributed by atoms with Gasteiger partial charge in [0.2, 0.25) is 11.8 Å². The molecule has 4 heteroatoms. The number of rotatable bonds is 2. The van der Waals surface area contributed by atoms with Gasteiger partial charge in [-0.3, -0.25) is 9.59 Å². The number of hydrogen-bond donors (Lipinski definition) is 1. The molecule has 1 aromatic carbocycles. The molecule has 2 atom stereocenters. The number of nitrogens with two attached hydrogens (primary N) is 1. The van der Waals surface area contributed by atoms with E-state index in [1.54, 1.807) is 6.07 Å². The van der Waals surface area contributed by atoms with Gasteiger partial charge in [-0.2, -0.15) is 0 Å². The molecule has 2 unspecified atom stereocenters. The molecule has 4 nitrogen and oxygen atoms in total. The summed E-state index contributed by atoms with van der Waals surface area (Å²) < 4.78 is 0. The van der Waals surface area contributed by atoms with Gasteiger partial charge >= 0.3 is 0 Å². The van der Waals surface area contributed by atoms with Crippen LogP contribution in [0.5, 0.6) is 0 Å². The summed E-state index contributed by atoms with van der Waals surface area (Å²) in [5.41, 5.74) is 6.98. The van der Waals surface area contributed by atoms with E-state index in [1.165, 1.54) is 4.90 Å². The zero-order valence-corrected chi connectivity index (χ0v) is 10.5. The van der Waals surface area contributed by atoms with E-state index in [2.05, 4.69) is 0 Å². The summed E-state index contributed by atoms with van der Waals surface area (Å²) in [6.07, 6.45) is 0. The molecule has 2 N–H and O–H groups in total. The lowest BCUT2D eigenvalue weighted by Crippen LogP contribution is -2.37. The molecule has 2 fully saturated rings. The second kappa shape index (κ2) is 3.42. The molecule has 1 saturated carbocycles. The van der Waals surface area contributed by atoms with Gasteiger partial charge in [0.05, 0.1) is 17.5 Å². The molecule has 1 heterocycles. The van der Waals surface area contributed by atoms with Gasteiger partial charge in [0, 0.05) is 6.54 Å². The SMILES string of the molecule is CC1(C)C2C(=O)N(c3ccccc3CN)C(=O)C21. The summed E-state index contributed by atoms with van der Waals surface area (Å²) >= 11 is 0. The first-order chi connectivity index (χ1) is 8.50. The Labute approximate surface area is 106 Å². The second-order valence-electron chi connectivity index (χ2n) is 5.62. The van der Waals surface area contributed by atoms with Gasteiger partial charge in [-0.1, -0.05) is 32.0 Å². The fourth-order valence-corrected chi connectivity index (χ4v) is 3.09. The summed E-state index contributed by atoms with van der Waals surface area (Å²) in [6.45, 7) is 4.28. The molecule has 1 aliphatic carbocycles. The highest BCUT2D eigenvalue weighted by atomic mass is 16.2. The number of hydrogen-bond acceptors (Lipinski definition) is 3. The van der Waals surface area contributed by atoms with Crippen LogP contribution in [0.3, 0.4) is 0 Å². The van der Waals surface area contributed by atoms with Gasteiger partial charge in [0.1, 0.15) is 0 Å². The van der Waals surface area contributed by atoms with Crippen molar-refractivity contribution in [3.05, 3.63) is 29.8 Å². The van der Waals surface area contributed by atoms with Crippen LogP contribution < -0.4 is 10.6 Å². The predicted molar refractivity (Wildman–Crippen MR) is 67.6 cm³/mol. The summed E-state index contributed by atoms with van der Waals surface area (Å²) in [5, 5.41) is 0. The number of carbonyl (C=O) groups excluding carboxylic acids is 2. The number of amides is 2. The first kappa shape index (κ1) is 11.4. The molecule has 18 heavy (non-hydrogen) atoms. The highest BCUT2D eigenvalue weighted by molar-refractivity contribution is 6.26. The summed E-state index contributed by atoms with van der Waals surface area (Å²) in [7, 11) is 0. The predicted octanol–water partition coefficient (Wildman–Crippen LogP) is 1.29. The minimum atomic E-state index is -0.164. The van der Waals surface area contributed by atoms with E-state index in [0.717, 1.165) is 5.56 Å². The van der Waals surface area contributed by atoms with Gasteiger partial charge in [-0.25, -0.2) is 4.90 Å². The van der Waals surface area contributed by atoms with Crippen LogP contribution in [-0.2, 0) is 16.1 Å². The van der Waals surface area contributed by atoms with E-state index >= 15 is 0 Å². The van der Waals surface area contributed by atoms with Crippen molar-refractivity contribution in [1.29, 1.82) is 0 Å². The van der Waals surface area contributed by atoms with Crippen molar-refractivity contribution in [2.24, 2.45) is 23.0 Å². The average molecular weight is 244 g/mol. The number of piperidine rings is 1. The van der Waals surface area contributed by atoms with Crippen LogP contribution in [0.4, 0.5) is 5.69 Å². The van der Waals surface area contributed by atoms with E-state index < -0.39 is 0 Å². The van der Waals surface area contributed by atoms with E-state index in [1.807, 2.05) is 32.0 Å². The fourth-order valence-electron chi connectivity index (χ4n) is 3.09. The maximum Gasteiger partial charge on any atom is 0.238 e. The lowest BCUT2D eigenvalue weighted by molar-refractivity contribution is -0.125. The van der Waals surface area contributed by atoms with Crippen molar-refractivity contribution < 1.29 is 9.59 Å². The van der Waals surface area contributed by atoms with E-state index in [0.29, 0.717) is 12.2 Å². The Bertz CT molecular complexity index is 526. The van der Waals surface area contributed by atoms with E-state index in [-0.39, 0.29) is 29.1 Å². The third kappa shape index (κ3) is 1.24. The number of para-hydroxylation sites is 1. The standard InChI is InChI=1S/C14H16N2O2/c1-14(2)10-11(14)13(18)16(12(10)17)9-6-4-3-5-8(9)7-15/h3-6,10-11H,7,15H2,1-2H3. The smallest absolute Gasteiger partial charge is 0.238 e. The summed E-state index contributed by atoms with van der Waals surface area (Å²) in [4.78, 5) is 25.9. The molecule has 3 rings (SSSR count). The number of nitrogens with zero attached hydrogens (tertiary/aromatic N) is 1. The van der Waals surface area contributed by atoms with Crippen molar-refractivity contribution in [3.63, 3.8) is 0 Å². The minimum absolute atomic E-state index is 0.0732. The third-order valence-electron chi connectivity index (χ3n) is 4.25. The van der Waals surface area contributed by atoms with E-state index in [4.69, 9.17) is 5.73 Å². The van der Waals surface area contributed by atoms with Gasteiger partial charge in [0.25, 0.3) is 0 Å². The Morgan fingerprint density at radius 3 is 2.28 bits per heavy atom. The Balaban J connectivity index is 2.01.